The van der Waals surface area contributed by atoms with Gasteiger partial charge in [0.2, 0.25) is 0 Å². The van der Waals surface area contributed by atoms with E-state index >= 15 is 0 Å². The molecule has 0 radical (unpaired) electrons. The summed E-state index contributed by atoms with van der Waals surface area (Å²) < 4.78 is 4.54. The van der Waals surface area contributed by atoms with Crippen LogP contribution < -0.4 is 0 Å². The largest absolute Gasteiger partial charge is 0.453 e. The molecule has 4 nitrogen and oxygen atoms in total. The summed E-state index contributed by atoms with van der Waals surface area (Å²) in [6.07, 6.45) is 1.60. The Hall–Kier alpha value is -0.770. The van der Waals surface area contributed by atoms with Gasteiger partial charge in [0.25, 0.3) is 0 Å². The third-order valence-electron chi connectivity index (χ3n) is 2.16. The minimum atomic E-state index is -0.241. The van der Waals surface area contributed by atoms with Crippen LogP contribution in [-0.2, 0) is 4.74 Å². The molecular formula is C8H15NO3. The minimum absolute atomic E-state index is 0.241. The lowest BCUT2D eigenvalue weighted by Crippen LogP contribution is -2.49. The number of ether oxygens (including phenoxy) is 1. The highest BCUT2D eigenvalue weighted by atomic mass is 16.5. The highest BCUT2D eigenvalue weighted by molar-refractivity contribution is 5.68. The molecule has 0 atom stereocenters. The summed E-state index contributed by atoms with van der Waals surface area (Å²) in [6, 6.07) is 0. The third-order valence-corrected chi connectivity index (χ3v) is 2.16. The Bertz CT molecular complexity index is 154. The van der Waals surface area contributed by atoms with E-state index in [0.29, 0.717) is 5.92 Å². The van der Waals surface area contributed by atoms with E-state index in [1.54, 1.807) is 4.90 Å². The van der Waals surface area contributed by atoms with E-state index < -0.39 is 0 Å². The van der Waals surface area contributed by atoms with Crippen molar-refractivity contribution < 1.29 is 14.6 Å². The molecule has 0 saturated carbocycles. The van der Waals surface area contributed by atoms with Crippen molar-refractivity contribution in [1.82, 2.24) is 4.90 Å². The van der Waals surface area contributed by atoms with Crippen LogP contribution in [0.4, 0.5) is 4.79 Å². The fourth-order valence-electron chi connectivity index (χ4n) is 1.41. The summed E-state index contributed by atoms with van der Waals surface area (Å²) in [5.74, 6) is 0.566. The van der Waals surface area contributed by atoms with Crippen LogP contribution >= 0.6 is 0 Å². The maximum Gasteiger partial charge on any atom is 0.409 e. The fourth-order valence-corrected chi connectivity index (χ4v) is 1.41. The van der Waals surface area contributed by atoms with E-state index in [9.17, 15) is 4.79 Å². The van der Waals surface area contributed by atoms with Crippen LogP contribution in [0.15, 0.2) is 0 Å². The second kappa shape index (κ2) is 4.30. The van der Waals surface area contributed by atoms with Crippen LogP contribution in [0.3, 0.4) is 0 Å². The van der Waals surface area contributed by atoms with E-state index in [1.165, 1.54) is 7.11 Å². The lowest BCUT2D eigenvalue weighted by molar-refractivity contribution is 0.0622. The van der Waals surface area contributed by atoms with Gasteiger partial charge in [0.05, 0.1) is 7.11 Å². The Morgan fingerprint density at radius 2 is 2.33 bits per heavy atom. The molecule has 0 aromatic heterocycles. The smallest absolute Gasteiger partial charge is 0.409 e. The van der Waals surface area contributed by atoms with E-state index in [1.807, 2.05) is 0 Å². The highest BCUT2D eigenvalue weighted by Crippen LogP contribution is 2.20. The lowest BCUT2D eigenvalue weighted by Gasteiger charge is -2.37. The third kappa shape index (κ3) is 2.11. The number of nitrogens with zero attached hydrogens (tertiary/aromatic N) is 1. The average molecular weight is 173 g/mol. The number of aliphatic hydroxyl groups is 1. The van der Waals surface area contributed by atoms with Gasteiger partial charge in [-0.25, -0.2) is 4.79 Å². The maximum absolute atomic E-state index is 10.9. The molecule has 1 amide bonds. The van der Waals surface area contributed by atoms with Crippen LogP contribution in [-0.4, -0.2) is 42.9 Å². The number of methoxy groups -OCH3 is 1. The Morgan fingerprint density at radius 3 is 2.83 bits per heavy atom. The van der Waals surface area contributed by atoms with E-state index in [4.69, 9.17) is 5.11 Å². The van der Waals surface area contributed by atoms with Crippen molar-refractivity contribution in [3.8, 4) is 0 Å². The maximum atomic E-state index is 10.9. The monoisotopic (exact) mass is 173 g/mol. The first-order valence-corrected chi connectivity index (χ1v) is 4.21. The van der Waals surface area contributed by atoms with Crippen LogP contribution in [0.2, 0.25) is 0 Å². The molecule has 1 fully saturated rings. The molecule has 0 aromatic carbocycles. The van der Waals surface area contributed by atoms with Gasteiger partial charge in [-0.2, -0.15) is 0 Å². The first-order valence-electron chi connectivity index (χ1n) is 4.21. The molecule has 1 rings (SSSR count). The summed E-state index contributed by atoms with van der Waals surface area (Å²) in [5.41, 5.74) is 0. The minimum Gasteiger partial charge on any atom is -0.453 e. The van der Waals surface area contributed by atoms with E-state index in [-0.39, 0.29) is 12.7 Å². The summed E-state index contributed by atoms with van der Waals surface area (Å²) in [6.45, 7) is 1.81. The van der Waals surface area contributed by atoms with Crippen molar-refractivity contribution in [2.75, 3.05) is 26.8 Å². The number of carbonyl (C=O) groups excluding carboxylic acids is 1. The molecule has 1 saturated heterocycles. The SMILES string of the molecule is COC(=O)N1CC(CCCO)C1. The molecule has 1 N–H and O–H groups in total. The van der Waals surface area contributed by atoms with Gasteiger partial charge >= 0.3 is 6.09 Å². The Kier molecular flexibility index (Phi) is 3.34. The molecule has 0 unspecified atom stereocenters. The molecule has 0 spiro atoms. The van der Waals surface area contributed by atoms with Crippen LogP contribution in [0.5, 0.6) is 0 Å². The topological polar surface area (TPSA) is 49.8 Å². The van der Waals surface area contributed by atoms with Gasteiger partial charge in [-0.1, -0.05) is 0 Å². The zero-order valence-electron chi connectivity index (χ0n) is 7.32. The van der Waals surface area contributed by atoms with Gasteiger partial charge < -0.3 is 14.7 Å². The van der Waals surface area contributed by atoms with Crippen molar-refractivity contribution in [2.24, 2.45) is 5.92 Å². The Morgan fingerprint density at radius 1 is 1.67 bits per heavy atom. The summed E-state index contributed by atoms with van der Waals surface area (Å²) in [4.78, 5) is 12.5. The quantitative estimate of drug-likeness (QED) is 0.674. The van der Waals surface area contributed by atoms with E-state index in [0.717, 1.165) is 25.9 Å². The number of amides is 1. The summed E-state index contributed by atoms with van der Waals surface area (Å²) in [7, 11) is 1.39. The fraction of sp³-hybridized carbons (Fsp3) is 0.875. The molecule has 70 valence electrons. The zero-order valence-corrected chi connectivity index (χ0v) is 7.32. The van der Waals surface area contributed by atoms with Crippen molar-refractivity contribution in [2.45, 2.75) is 12.8 Å². The second-order valence-electron chi connectivity index (χ2n) is 3.11. The van der Waals surface area contributed by atoms with Gasteiger partial charge in [0.1, 0.15) is 0 Å². The lowest BCUT2D eigenvalue weighted by atomic mass is 9.95. The Balaban J connectivity index is 2.07. The highest BCUT2D eigenvalue weighted by Gasteiger charge is 2.30. The number of carbonyl (C=O) groups is 1. The number of rotatable bonds is 3. The van der Waals surface area contributed by atoms with Crippen LogP contribution in [0, 0.1) is 5.92 Å². The second-order valence-corrected chi connectivity index (χ2v) is 3.11. The zero-order chi connectivity index (χ0) is 8.97. The van der Waals surface area contributed by atoms with Crippen molar-refractivity contribution in [1.29, 1.82) is 0 Å². The standard InChI is InChI=1S/C8H15NO3/c1-12-8(11)9-5-7(6-9)3-2-4-10/h7,10H,2-6H2,1H3. The molecule has 0 aliphatic carbocycles. The number of hydrogen-bond acceptors (Lipinski definition) is 3. The van der Waals surface area contributed by atoms with Crippen molar-refractivity contribution in [3.05, 3.63) is 0 Å². The molecular weight excluding hydrogens is 158 g/mol. The van der Waals surface area contributed by atoms with Gasteiger partial charge in [-0.15, -0.1) is 0 Å². The molecule has 12 heavy (non-hydrogen) atoms. The molecule has 1 aliphatic heterocycles. The van der Waals surface area contributed by atoms with Crippen LogP contribution in [0.1, 0.15) is 12.8 Å². The Labute approximate surface area is 72.1 Å². The van der Waals surface area contributed by atoms with Crippen molar-refractivity contribution >= 4 is 6.09 Å². The molecule has 0 aromatic rings. The number of hydrogen-bond donors (Lipinski definition) is 1. The average Bonchev–Trinajstić information content (AvgIpc) is 2.01. The van der Waals surface area contributed by atoms with Gasteiger partial charge in [0.15, 0.2) is 0 Å². The molecule has 1 heterocycles. The predicted molar refractivity (Wildman–Crippen MR) is 43.8 cm³/mol. The first-order chi connectivity index (χ1) is 5.77. The first kappa shape index (κ1) is 9.32. The molecule has 1 aliphatic rings. The van der Waals surface area contributed by atoms with Gasteiger partial charge in [-0.05, 0) is 18.8 Å². The molecule has 0 bridgehead atoms. The normalized spacial score (nSPS) is 17.3. The van der Waals surface area contributed by atoms with Crippen LogP contribution in [0.25, 0.3) is 0 Å². The van der Waals surface area contributed by atoms with Crippen molar-refractivity contribution in [3.63, 3.8) is 0 Å². The van der Waals surface area contributed by atoms with Gasteiger partial charge in [0, 0.05) is 19.7 Å². The van der Waals surface area contributed by atoms with Gasteiger partial charge in [-0.3, -0.25) is 0 Å². The summed E-state index contributed by atoms with van der Waals surface area (Å²) in [5, 5.41) is 8.55. The summed E-state index contributed by atoms with van der Waals surface area (Å²) >= 11 is 0. The number of likely N-dealkylation sites (tertiary alicyclic amines) is 1. The number of aliphatic hydroxyl groups excluding tert-OH is 1. The predicted octanol–water partition coefficient (Wildman–Crippen LogP) is 0.457. The molecule has 4 heteroatoms. The van der Waals surface area contributed by atoms with E-state index in [2.05, 4.69) is 4.74 Å².